The van der Waals surface area contributed by atoms with Crippen LogP contribution in [0, 0.1) is 32.5 Å². The average Bonchev–Trinajstić information content (AvgIpc) is 2.68. The quantitative estimate of drug-likeness (QED) is 0.670. The largest absolute Gasteiger partial charge is 0.507 e. The first-order valence-electron chi connectivity index (χ1n) is 10.4. The Balaban J connectivity index is 1.42. The standard InChI is InChI=1S/C24H31FN2O2/c1-15-8-20(12-21(25)9-15)24(29)27-13-18-4-6-22(7-5-18)26-14-19-10-16(2)23(28)17(3)11-19/h8-12,18,22,26,28H,4-7,13-14H2,1-3H3,(H,27,29). The topological polar surface area (TPSA) is 61.4 Å². The fraction of sp³-hybridized carbons (Fsp3) is 0.458. The van der Waals surface area contributed by atoms with E-state index in [0.717, 1.165) is 48.9 Å². The van der Waals surface area contributed by atoms with Gasteiger partial charge in [-0.05, 0) is 92.8 Å². The summed E-state index contributed by atoms with van der Waals surface area (Å²) in [4.78, 5) is 12.3. The van der Waals surface area contributed by atoms with Crippen molar-refractivity contribution in [1.29, 1.82) is 0 Å². The van der Waals surface area contributed by atoms with Gasteiger partial charge in [-0.15, -0.1) is 0 Å². The van der Waals surface area contributed by atoms with Crippen LogP contribution >= 0.6 is 0 Å². The van der Waals surface area contributed by atoms with Crippen molar-refractivity contribution >= 4 is 5.91 Å². The predicted molar refractivity (Wildman–Crippen MR) is 114 cm³/mol. The number of aryl methyl sites for hydroxylation is 3. The number of carbonyl (C=O) groups is 1. The molecule has 0 unspecified atom stereocenters. The Bertz CT molecular complexity index is 830. The van der Waals surface area contributed by atoms with Gasteiger partial charge in [0.2, 0.25) is 0 Å². The summed E-state index contributed by atoms with van der Waals surface area (Å²) in [5.74, 6) is 0.265. The molecule has 2 aromatic rings. The average molecular weight is 399 g/mol. The molecule has 1 amide bonds. The van der Waals surface area contributed by atoms with E-state index >= 15 is 0 Å². The minimum atomic E-state index is -0.374. The van der Waals surface area contributed by atoms with E-state index in [1.165, 1.54) is 17.7 Å². The summed E-state index contributed by atoms with van der Waals surface area (Å²) in [5, 5.41) is 16.5. The first-order chi connectivity index (χ1) is 13.8. The Kier molecular flexibility index (Phi) is 6.91. The molecular weight excluding hydrogens is 367 g/mol. The third kappa shape index (κ3) is 5.80. The minimum absolute atomic E-state index is 0.203. The first-order valence-corrected chi connectivity index (χ1v) is 10.4. The van der Waals surface area contributed by atoms with Gasteiger partial charge in [-0.1, -0.05) is 12.1 Å². The molecule has 3 N–H and O–H groups in total. The van der Waals surface area contributed by atoms with Crippen molar-refractivity contribution in [2.24, 2.45) is 5.92 Å². The Morgan fingerprint density at radius 3 is 2.31 bits per heavy atom. The fourth-order valence-electron chi connectivity index (χ4n) is 4.19. The molecule has 5 heteroatoms. The monoisotopic (exact) mass is 398 g/mol. The maximum atomic E-state index is 13.5. The van der Waals surface area contributed by atoms with Gasteiger partial charge in [-0.2, -0.15) is 0 Å². The highest BCUT2D eigenvalue weighted by molar-refractivity contribution is 5.94. The molecule has 4 nitrogen and oxygen atoms in total. The SMILES string of the molecule is Cc1cc(F)cc(C(=O)NCC2CCC(NCc3cc(C)c(O)c(C)c3)CC2)c1. The van der Waals surface area contributed by atoms with Crippen LogP contribution in [0.15, 0.2) is 30.3 Å². The Morgan fingerprint density at radius 1 is 1.03 bits per heavy atom. The molecule has 1 aliphatic carbocycles. The number of carbonyl (C=O) groups excluding carboxylic acids is 1. The third-order valence-electron chi connectivity index (χ3n) is 5.85. The molecule has 1 fully saturated rings. The van der Waals surface area contributed by atoms with E-state index in [1.807, 2.05) is 26.0 Å². The number of aromatic hydroxyl groups is 1. The molecule has 29 heavy (non-hydrogen) atoms. The number of benzene rings is 2. The second kappa shape index (κ2) is 9.40. The van der Waals surface area contributed by atoms with Gasteiger partial charge in [-0.3, -0.25) is 4.79 Å². The van der Waals surface area contributed by atoms with E-state index in [2.05, 4.69) is 10.6 Å². The molecule has 0 radical (unpaired) electrons. The van der Waals surface area contributed by atoms with E-state index in [-0.39, 0.29) is 11.7 Å². The Hall–Kier alpha value is -2.40. The number of rotatable bonds is 6. The van der Waals surface area contributed by atoms with Gasteiger partial charge in [0.1, 0.15) is 11.6 Å². The lowest BCUT2D eigenvalue weighted by atomic mass is 9.86. The normalized spacial score (nSPS) is 19.2. The number of hydrogen-bond donors (Lipinski definition) is 3. The number of amides is 1. The van der Waals surface area contributed by atoms with E-state index in [1.54, 1.807) is 13.0 Å². The molecule has 0 saturated heterocycles. The fourth-order valence-corrected chi connectivity index (χ4v) is 4.19. The smallest absolute Gasteiger partial charge is 0.251 e. The molecule has 3 rings (SSSR count). The molecule has 156 valence electrons. The number of phenolic OH excluding ortho intramolecular Hbond substituents is 1. The van der Waals surface area contributed by atoms with Crippen LogP contribution in [0.2, 0.25) is 0 Å². The summed E-state index contributed by atoms with van der Waals surface area (Å²) in [5.41, 5.74) is 4.15. The molecule has 0 aliphatic heterocycles. The Morgan fingerprint density at radius 2 is 1.69 bits per heavy atom. The van der Waals surface area contributed by atoms with Crippen molar-refractivity contribution in [1.82, 2.24) is 10.6 Å². The number of halogens is 1. The third-order valence-corrected chi connectivity index (χ3v) is 5.85. The number of nitrogens with one attached hydrogen (secondary N) is 2. The summed E-state index contributed by atoms with van der Waals surface area (Å²) in [7, 11) is 0. The summed E-state index contributed by atoms with van der Waals surface area (Å²) in [6, 6.07) is 8.96. The molecule has 0 spiro atoms. The van der Waals surface area contributed by atoms with Gasteiger partial charge in [-0.25, -0.2) is 4.39 Å². The lowest BCUT2D eigenvalue weighted by Crippen LogP contribution is -2.36. The zero-order valence-corrected chi connectivity index (χ0v) is 17.5. The highest BCUT2D eigenvalue weighted by Gasteiger charge is 2.21. The number of hydrogen-bond acceptors (Lipinski definition) is 3. The van der Waals surface area contributed by atoms with Gasteiger partial charge in [0.25, 0.3) is 5.91 Å². The van der Waals surface area contributed by atoms with E-state index in [9.17, 15) is 14.3 Å². The molecule has 1 saturated carbocycles. The summed E-state index contributed by atoms with van der Waals surface area (Å²) >= 11 is 0. The van der Waals surface area contributed by atoms with Crippen molar-refractivity contribution in [3.05, 3.63) is 64.0 Å². The van der Waals surface area contributed by atoms with Crippen molar-refractivity contribution < 1.29 is 14.3 Å². The second-order valence-corrected chi connectivity index (χ2v) is 8.40. The maximum absolute atomic E-state index is 13.5. The molecular formula is C24H31FN2O2. The highest BCUT2D eigenvalue weighted by Crippen LogP contribution is 2.26. The van der Waals surface area contributed by atoms with Gasteiger partial charge < -0.3 is 15.7 Å². The predicted octanol–water partition coefficient (Wildman–Crippen LogP) is 4.53. The van der Waals surface area contributed by atoms with Gasteiger partial charge >= 0.3 is 0 Å². The van der Waals surface area contributed by atoms with Gasteiger partial charge in [0.05, 0.1) is 0 Å². The molecule has 0 atom stereocenters. The van der Waals surface area contributed by atoms with Crippen LogP contribution in [0.4, 0.5) is 4.39 Å². The van der Waals surface area contributed by atoms with Crippen molar-refractivity contribution in [3.63, 3.8) is 0 Å². The van der Waals surface area contributed by atoms with Crippen molar-refractivity contribution in [3.8, 4) is 5.75 Å². The Labute approximate surface area is 172 Å². The van der Waals surface area contributed by atoms with Crippen LogP contribution < -0.4 is 10.6 Å². The molecule has 1 aliphatic rings. The summed E-state index contributed by atoms with van der Waals surface area (Å²) in [6.07, 6.45) is 4.28. The first kappa shape index (κ1) is 21.3. The molecule has 0 heterocycles. The molecule has 0 aromatic heterocycles. The lowest BCUT2D eigenvalue weighted by molar-refractivity contribution is 0.0941. The highest BCUT2D eigenvalue weighted by atomic mass is 19.1. The van der Waals surface area contributed by atoms with E-state index < -0.39 is 0 Å². The lowest BCUT2D eigenvalue weighted by Gasteiger charge is -2.29. The van der Waals surface area contributed by atoms with E-state index in [4.69, 9.17) is 0 Å². The summed E-state index contributed by atoms with van der Waals surface area (Å²) in [6.45, 7) is 7.08. The van der Waals surface area contributed by atoms with Gasteiger partial charge in [0, 0.05) is 24.7 Å². The van der Waals surface area contributed by atoms with Crippen LogP contribution in [0.1, 0.15) is 58.3 Å². The van der Waals surface area contributed by atoms with Crippen molar-refractivity contribution in [2.45, 2.75) is 59.0 Å². The van der Waals surface area contributed by atoms with Crippen LogP contribution in [0.3, 0.4) is 0 Å². The van der Waals surface area contributed by atoms with Crippen LogP contribution in [-0.2, 0) is 6.54 Å². The second-order valence-electron chi connectivity index (χ2n) is 8.40. The van der Waals surface area contributed by atoms with Crippen LogP contribution in [-0.4, -0.2) is 23.6 Å². The van der Waals surface area contributed by atoms with Crippen LogP contribution in [0.25, 0.3) is 0 Å². The zero-order valence-electron chi connectivity index (χ0n) is 17.5. The zero-order chi connectivity index (χ0) is 21.0. The van der Waals surface area contributed by atoms with E-state index in [0.29, 0.717) is 29.8 Å². The van der Waals surface area contributed by atoms with Gasteiger partial charge in [0.15, 0.2) is 0 Å². The van der Waals surface area contributed by atoms with Crippen LogP contribution in [0.5, 0.6) is 5.75 Å². The van der Waals surface area contributed by atoms with Crippen molar-refractivity contribution in [2.75, 3.05) is 6.54 Å². The minimum Gasteiger partial charge on any atom is -0.507 e. The maximum Gasteiger partial charge on any atom is 0.251 e. The molecule has 0 bridgehead atoms. The summed E-state index contributed by atoms with van der Waals surface area (Å²) < 4.78 is 13.5. The number of phenols is 1. The molecule has 2 aromatic carbocycles.